The number of anilines is 1. The van der Waals surface area contributed by atoms with Gasteiger partial charge in [0.2, 0.25) is 5.91 Å². The summed E-state index contributed by atoms with van der Waals surface area (Å²) >= 11 is 0. The highest BCUT2D eigenvalue weighted by molar-refractivity contribution is 5.95. The third-order valence-corrected chi connectivity index (χ3v) is 4.98. The highest BCUT2D eigenvalue weighted by atomic mass is 19.1. The van der Waals surface area contributed by atoms with Crippen LogP contribution in [0, 0.1) is 11.7 Å². The van der Waals surface area contributed by atoms with Crippen LogP contribution in [0.4, 0.5) is 10.1 Å². The minimum atomic E-state index is -0.358. The Morgan fingerprint density at radius 1 is 1.14 bits per heavy atom. The van der Waals surface area contributed by atoms with E-state index in [0.29, 0.717) is 36.6 Å². The van der Waals surface area contributed by atoms with Gasteiger partial charge >= 0.3 is 0 Å². The summed E-state index contributed by atoms with van der Waals surface area (Å²) in [6.07, 6.45) is 4.77. The number of hydrogen-bond donors (Lipinski definition) is 2. The predicted molar refractivity (Wildman–Crippen MR) is 105 cm³/mol. The van der Waals surface area contributed by atoms with Crippen LogP contribution in [0.1, 0.15) is 23.3 Å². The Balaban J connectivity index is 1.41. The van der Waals surface area contributed by atoms with Crippen molar-refractivity contribution in [2.45, 2.75) is 12.8 Å². The number of aromatic nitrogens is 3. The summed E-state index contributed by atoms with van der Waals surface area (Å²) in [5.41, 5.74) is 2.45. The maximum absolute atomic E-state index is 13.0. The standard InChI is InChI=1S/C21H20FN5O2/c22-16-3-5-17(6-4-16)24-20(28)15-2-1-11-27(13-15)21(29)19-12-18(25-26-19)14-7-9-23-10-8-14/h3-10,12,15H,1-2,11,13H2,(H,24,28)(H,25,26)/t15-/m0/s1. The average Bonchev–Trinajstić information content (AvgIpc) is 3.26. The molecule has 1 fully saturated rings. The molecule has 0 spiro atoms. The smallest absolute Gasteiger partial charge is 0.271 e. The van der Waals surface area contributed by atoms with Gasteiger partial charge in [0.25, 0.3) is 5.91 Å². The lowest BCUT2D eigenvalue weighted by Gasteiger charge is -2.31. The number of benzene rings is 1. The zero-order valence-corrected chi connectivity index (χ0v) is 15.6. The van der Waals surface area contributed by atoms with Crippen molar-refractivity contribution >= 4 is 17.5 Å². The maximum Gasteiger partial charge on any atom is 0.271 e. The number of nitrogens with one attached hydrogen (secondary N) is 2. The molecule has 2 N–H and O–H groups in total. The van der Waals surface area contributed by atoms with Crippen LogP contribution in [0.15, 0.2) is 54.9 Å². The van der Waals surface area contributed by atoms with Gasteiger partial charge in [-0.2, -0.15) is 5.10 Å². The lowest BCUT2D eigenvalue weighted by Crippen LogP contribution is -2.43. The summed E-state index contributed by atoms with van der Waals surface area (Å²) in [6, 6.07) is 11.0. The molecule has 3 heterocycles. The fourth-order valence-electron chi connectivity index (χ4n) is 3.43. The molecule has 1 aliphatic rings. The largest absolute Gasteiger partial charge is 0.337 e. The normalized spacial score (nSPS) is 16.4. The SMILES string of the molecule is O=C(Nc1ccc(F)cc1)[C@H]1CCCN(C(=O)c2cc(-c3ccncc3)n[nH]2)C1. The number of hydrogen-bond acceptors (Lipinski definition) is 4. The number of carbonyl (C=O) groups excluding carboxylic acids is 2. The van der Waals surface area contributed by atoms with E-state index in [2.05, 4.69) is 20.5 Å². The Hall–Kier alpha value is -3.55. The van der Waals surface area contributed by atoms with E-state index in [1.54, 1.807) is 23.4 Å². The van der Waals surface area contributed by atoms with E-state index < -0.39 is 0 Å². The molecule has 1 aliphatic heterocycles. The second kappa shape index (κ2) is 8.22. The summed E-state index contributed by atoms with van der Waals surface area (Å²) < 4.78 is 13.0. The molecule has 1 saturated heterocycles. The second-order valence-electron chi connectivity index (χ2n) is 6.99. The molecule has 2 aromatic heterocycles. The van der Waals surface area contributed by atoms with Crippen molar-refractivity contribution in [1.82, 2.24) is 20.1 Å². The minimum Gasteiger partial charge on any atom is -0.337 e. The predicted octanol–water partition coefficient (Wildman–Crippen LogP) is 3.10. The summed E-state index contributed by atoms with van der Waals surface area (Å²) in [5.74, 6) is -1.03. The molecule has 148 valence electrons. The third kappa shape index (κ3) is 4.31. The van der Waals surface area contributed by atoms with Crippen molar-refractivity contribution < 1.29 is 14.0 Å². The van der Waals surface area contributed by atoms with Crippen LogP contribution >= 0.6 is 0 Å². The molecule has 0 unspecified atom stereocenters. The summed E-state index contributed by atoms with van der Waals surface area (Å²) in [6.45, 7) is 0.915. The van der Waals surface area contributed by atoms with Crippen molar-refractivity contribution in [3.63, 3.8) is 0 Å². The Bertz CT molecular complexity index is 1000. The zero-order valence-electron chi connectivity index (χ0n) is 15.6. The van der Waals surface area contributed by atoms with Gasteiger partial charge in [0.15, 0.2) is 0 Å². The van der Waals surface area contributed by atoms with Gasteiger partial charge in [-0.05, 0) is 55.3 Å². The van der Waals surface area contributed by atoms with Crippen LogP contribution in [0.5, 0.6) is 0 Å². The number of H-pyrrole nitrogens is 1. The Morgan fingerprint density at radius 2 is 1.90 bits per heavy atom. The van der Waals surface area contributed by atoms with Gasteiger partial charge in [0.05, 0.1) is 11.6 Å². The van der Waals surface area contributed by atoms with E-state index in [1.807, 2.05) is 12.1 Å². The molecule has 1 aromatic carbocycles. The third-order valence-electron chi connectivity index (χ3n) is 4.98. The van der Waals surface area contributed by atoms with Gasteiger partial charge in [-0.3, -0.25) is 19.7 Å². The van der Waals surface area contributed by atoms with Crippen molar-refractivity contribution in [1.29, 1.82) is 0 Å². The fraction of sp³-hybridized carbons (Fsp3) is 0.238. The number of rotatable bonds is 4. The number of carbonyl (C=O) groups is 2. The molecular formula is C21H20FN5O2. The number of amides is 2. The van der Waals surface area contributed by atoms with E-state index in [0.717, 1.165) is 12.0 Å². The summed E-state index contributed by atoms with van der Waals surface area (Å²) in [4.78, 5) is 31.1. The van der Waals surface area contributed by atoms with Gasteiger partial charge in [0.1, 0.15) is 11.5 Å². The van der Waals surface area contributed by atoms with Gasteiger partial charge < -0.3 is 10.2 Å². The number of pyridine rings is 1. The molecule has 0 saturated carbocycles. The number of nitrogens with zero attached hydrogens (tertiary/aromatic N) is 3. The molecule has 1 atom stereocenters. The molecule has 29 heavy (non-hydrogen) atoms. The first kappa shape index (κ1) is 18.8. The first-order valence-corrected chi connectivity index (χ1v) is 9.41. The molecule has 0 radical (unpaired) electrons. The van der Waals surface area contributed by atoms with Gasteiger partial charge in [-0.25, -0.2) is 4.39 Å². The molecule has 4 rings (SSSR count). The maximum atomic E-state index is 13.0. The van der Waals surface area contributed by atoms with E-state index in [4.69, 9.17) is 0 Å². The Kier molecular flexibility index (Phi) is 5.33. The Morgan fingerprint density at radius 3 is 2.66 bits per heavy atom. The number of likely N-dealkylation sites (tertiary alicyclic amines) is 1. The molecular weight excluding hydrogens is 373 g/mol. The van der Waals surface area contributed by atoms with Gasteiger partial charge in [0, 0.05) is 36.7 Å². The first-order valence-electron chi connectivity index (χ1n) is 9.41. The fourth-order valence-corrected chi connectivity index (χ4v) is 3.43. The number of piperidine rings is 1. The highest BCUT2D eigenvalue weighted by Gasteiger charge is 2.29. The highest BCUT2D eigenvalue weighted by Crippen LogP contribution is 2.22. The van der Waals surface area contributed by atoms with Crippen molar-refractivity contribution in [2.24, 2.45) is 5.92 Å². The van der Waals surface area contributed by atoms with Crippen LogP contribution < -0.4 is 5.32 Å². The van der Waals surface area contributed by atoms with Gasteiger partial charge in [-0.1, -0.05) is 0 Å². The number of aromatic amines is 1. The molecule has 7 nitrogen and oxygen atoms in total. The van der Waals surface area contributed by atoms with Gasteiger partial charge in [-0.15, -0.1) is 0 Å². The van der Waals surface area contributed by atoms with Crippen molar-refractivity contribution in [3.8, 4) is 11.3 Å². The quantitative estimate of drug-likeness (QED) is 0.713. The monoisotopic (exact) mass is 393 g/mol. The van der Waals surface area contributed by atoms with E-state index in [9.17, 15) is 14.0 Å². The van der Waals surface area contributed by atoms with Crippen LogP contribution in [-0.2, 0) is 4.79 Å². The number of halogens is 1. The summed E-state index contributed by atoms with van der Waals surface area (Å²) in [7, 11) is 0. The first-order chi connectivity index (χ1) is 14.1. The van der Waals surface area contributed by atoms with Crippen molar-refractivity contribution in [2.75, 3.05) is 18.4 Å². The minimum absolute atomic E-state index is 0.170. The Labute approximate surface area is 167 Å². The van der Waals surface area contributed by atoms with E-state index >= 15 is 0 Å². The average molecular weight is 393 g/mol. The lowest BCUT2D eigenvalue weighted by atomic mass is 9.96. The molecule has 3 aromatic rings. The topological polar surface area (TPSA) is 91.0 Å². The molecule has 8 heteroatoms. The van der Waals surface area contributed by atoms with E-state index in [-0.39, 0.29) is 23.5 Å². The van der Waals surface area contributed by atoms with Crippen LogP contribution in [0.3, 0.4) is 0 Å². The lowest BCUT2D eigenvalue weighted by molar-refractivity contribution is -0.121. The van der Waals surface area contributed by atoms with Crippen LogP contribution in [0.2, 0.25) is 0 Å². The van der Waals surface area contributed by atoms with E-state index in [1.165, 1.54) is 24.3 Å². The van der Waals surface area contributed by atoms with Crippen LogP contribution in [-0.4, -0.2) is 45.0 Å². The zero-order chi connectivity index (χ0) is 20.2. The van der Waals surface area contributed by atoms with Crippen LogP contribution in [0.25, 0.3) is 11.3 Å². The summed E-state index contributed by atoms with van der Waals surface area (Å²) in [5, 5.41) is 9.80. The van der Waals surface area contributed by atoms with Crippen molar-refractivity contribution in [3.05, 3.63) is 66.4 Å². The molecule has 2 amide bonds. The molecule has 0 aliphatic carbocycles. The second-order valence-corrected chi connectivity index (χ2v) is 6.99. The molecule has 0 bridgehead atoms.